The van der Waals surface area contributed by atoms with Crippen LogP contribution in [0.2, 0.25) is 0 Å². The number of carbonyl (C=O) groups excluding carboxylic acids is 1. The molecule has 4 rings (SSSR count). The molecule has 1 aliphatic carbocycles. The Bertz CT molecular complexity index is 959. The quantitative estimate of drug-likeness (QED) is 0.757. The van der Waals surface area contributed by atoms with Crippen molar-refractivity contribution in [1.29, 1.82) is 0 Å². The maximum absolute atomic E-state index is 14.6. The first-order chi connectivity index (χ1) is 15.4. The van der Waals surface area contributed by atoms with Gasteiger partial charge in [0, 0.05) is 50.4 Å². The highest BCUT2D eigenvalue weighted by atomic mass is 19.1. The molecule has 2 aliphatic rings. The molecule has 1 aliphatic heterocycles. The van der Waals surface area contributed by atoms with Crippen molar-refractivity contribution in [3.63, 3.8) is 0 Å². The van der Waals surface area contributed by atoms with Crippen LogP contribution in [0, 0.1) is 5.82 Å². The Morgan fingerprint density at radius 1 is 1.19 bits per heavy atom. The van der Waals surface area contributed by atoms with Gasteiger partial charge in [0.05, 0.1) is 17.7 Å². The second kappa shape index (κ2) is 9.53. The highest BCUT2D eigenvalue weighted by molar-refractivity contribution is 5.77. The van der Waals surface area contributed by atoms with E-state index in [0.29, 0.717) is 43.0 Å². The zero-order valence-electron chi connectivity index (χ0n) is 19.1. The fourth-order valence-corrected chi connectivity index (χ4v) is 5.01. The number of aliphatic hydroxyl groups is 1. The van der Waals surface area contributed by atoms with Gasteiger partial charge >= 0.3 is 0 Å². The molecule has 1 N–H and O–H groups in total. The summed E-state index contributed by atoms with van der Waals surface area (Å²) >= 11 is 0. The first-order valence-corrected chi connectivity index (χ1v) is 11.7. The summed E-state index contributed by atoms with van der Waals surface area (Å²) in [6.07, 6.45) is 8.10. The van der Waals surface area contributed by atoms with Crippen LogP contribution in [0.3, 0.4) is 0 Å². The molecule has 1 unspecified atom stereocenters. The van der Waals surface area contributed by atoms with E-state index in [4.69, 9.17) is 4.98 Å². The van der Waals surface area contributed by atoms with E-state index < -0.39 is 5.60 Å². The lowest BCUT2D eigenvalue weighted by Gasteiger charge is -2.37. The van der Waals surface area contributed by atoms with Crippen molar-refractivity contribution >= 4 is 11.9 Å². The third-order valence-electron chi connectivity index (χ3n) is 6.79. The van der Waals surface area contributed by atoms with E-state index in [0.717, 1.165) is 37.8 Å². The Balaban J connectivity index is 1.60. The predicted octanol–water partition coefficient (Wildman–Crippen LogP) is 4.14. The van der Waals surface area contributed by atoms with Gasteiger partial charge < -0.3 is 14.9 Å². The Morgan fingerprint density at radius 2 is 1.94 bits per heavy atom. The van der Waals surface area contributed by atoms with Gasteiger partial charge in [-0.25, -0.2) is 14.4 Å². The molecule has 0 spiro atoms. The van der Waals surface area contributed by atoms with Gasteiger partial charge in [-0.15, -0.1) is 0 Å². The monoisotopic (exact) mass is 440 g/mol. The van der Waals surface area contributed by atoms with Gasteiger partial charge in [0.2, 0.25) is 11.9 Å². The number of hydrogen-bond acceptors (Lipinski definition) is 5. The summed E-state index contributed by atoms with van der Waals surface area (Å²) in [5.41, 5.74) is 1.07. The van der Waals surface area contributed by atoms with Crippen LogP contribution in [0.4, 0.5) is 10.3 Å². The van der Waals surface area contributed by atoms with E-state index in [1.54, 1.807) is 18.3 Å². The minimum atomic E-state index is -0.867. The minimum absolute atomic E-state index is 0.00781. The highest BCUT2D eigenvalue weighted by Gasteiger charge is 2.35. The standard InChI is InChI=1S/C25H33FN4O2/c1-29(2)24-27-16-20(19-10-4-5-11-21(19)26)23(28-24)18-9-8-14-30(17-18)22(31)15-25(32)12-6-3-7-13-25/h4-5,10-11,16,18,32H,3,6-9,12-15,17H2,1-2H3. The van der Waals surface area contributed by atoms with E-state index in [-0.39, 0.29) is 24.1 Å². The molecule has 1 atom stereocenters. The van der Waals surface area contributed by atoms with Gasteiger partial charge in [-0.3, -0.25) is 4.79 Å². The fourth-order valence-electron chi connectivity index (χ4n) is 5.01. The van der Waals surface area contributed by atoms with E-state index in [1.807, 2.05) is 30.0 Å². The summed E-state index contributed by atoms with van der Waals surface area (Å²) < 4.78 is 14.6. The van der Waals surface area contributed by atoms with Gasteiger partial charge in [-0.05, 0) is 31.7 Å². The number of benzene rings is 1. The van der Waals surface area contributed by atoms with Crippen LogP contribution in [-0.4, -0.2) is 58.7 Å². The van der Waals surface area contributed by atoms with E-state index in [9.17, 15) is 14.3 Å². The van der Waals surface area contributed by atoms with Crippen LogP contribution in [0.15, 0.2) is 30.5 Å². The number of rotatable bonds is 5. The van der Waals surface area contributed by atoms with Crippen LogP contribution < -0.4 is 4.90 Å². The second-order valence-corrected chi connectivity index (χ2v) is 9.48. The highest BCUT2D eigenvalue weighted by Crippen LogP contribution is 2.36. The summed E-state index contributed by atoms with van der Waals surface area (Å²) in [5, 5.41) is 10.9. The largest absolute Gasteiger partial charge is 0.389 e. The first kappa shape index (κ1) is 22.6. The number of halogens is 1. The molecule has 32 heavy (non-hydrogen) atoms. The number of anilines is 1. The van der Waals surface area contributed by atoms with Gasteiger partial charge in [0.15, 0.2) is 0 Å². The summed E-state index contributed by atoms with van der Waals surface area (Å²) in [4.78, 5) is 26.0. The summed E-state index contributed by atoms with van der Waals surface area (Å²) in [7, 11) is 3.76. The average molecular weight is 441 g/mol. The van der Waals surface area contributed by atoms with Crippen molar-refractivity contribution in [2.24, 2.45) is 0 Å². The van der Waals surface area contributed by atoms with Crippen molar-refractivity contribution in [2.75, 3.05) is 32.1 Å². The number of hydrogen-bond donors (Lipinski definition) is 1. The number of nitrogens with zero attached hydrogens (tertiary/aromatic N) is 4. The predicted molar refractivity (Wildman–Crippen MR) is 123 cm³/mol. The van der Waals surface area contributed by atoms with Crippen LogP contribution in [-0.2, 0) is 4.79 Å². The lowest BCUT2D eigenvalue weighted by atomic mass is 9.82. The molecule has 1 aromatic carbocycles. The van der Waals surface area contributed by atoms with Crippen molar-refractivity contribution in [3.05, 3.63) is 42.0 Å². The number of carbonyl (C=O) groups is 1. The van der Waals surface area contributed by atoms with E-state index in [1.165, 1.54) is 6.07 Å². The topological polar surface area (TPSA) is 69.6 Å². The molecule has 2 fully saturated rings. The van der Waals surface area contributed by atoms with Gasteiger partial charge in [-0.1, -0.05) is 37.5 Å². The maximum atomic E-state index is 14.6. The first-order valence-electron chi connectivity index (χ1n) is 11.7. The molecule has 0 radical (unpaired) electrons. The lowest BCUT2D eigenvalue weighted by molar-refractivity contribution is -0.139. The summed E-state index contributed by atoms with van der Waals surface area (Å²) in [6, 6.07) is 6.67. The van der Waals surface area contributed by atoms with Crippen LogP contribution in [0.25, 0.3) is 11.1 Å². The van der Waals surface area contributed by atoms with Crippen LogP contribution in [0.5, 0.6) is 0 Å². The molecule has 2 aromatic rings. The molecular weight excluding hydrogens is 407 g/mol. The van der Waals surface area contributed by atoms with Crippen molar-refractivity contribution in [1.82, 2.24) is 14.9 Å². The van der Waals surface area contributed by atoms with Crippen molar-refractivity contribution in [3.8, 4) is 11.1 Å². The number of piperidine rings is 1. The molecule has 7 heteroatoms. The fraction of sp³-hybridized carbons (Fsp3) is 0.560. The zero-order chi connectivity index (χ0) is 22.7. The SMILES string of the molecule is CN(C)c1ncc(-c2ccccc2F)c(C2CCCN(C(=O)CC3(O)CCCCC3)C2)n1. The van der Waals surface area contributed by atoms with Gasteiger partial charge in [0.1, 0.15) is 5.82 Å². The summed E-state index contributed by atoms with van der Waals surface area (Å²) in [5.74, 6) is 0.261. The van der Waals surface area contributed by atoms with Gasteiger partial charge in [0.25, 0.3) is 0 Å². The van der Waals surface area contributed by atoms with Crippen molar-refractivity contribution in [2.45, 2.75) is 62.9 Å². The molecule has 2 heterocycles. The number of aromatic nitrogens is 2. The Labute approximate surface area is 189 Å². The molecule has 6 nitrogen and oxygen atoms in total. The Kier molecular flexibility index (Phi) is 6.74. The molecule has 1 saturated heterocycles. The third-order valence-corrected chi connectivity index (χ3v) is 6.79. The molecular formula is C25H33FN4O2. The molecule has 0 bridgehead atoms. The van der Waals surface area contributed by atoms with Crippen molar-refractivity contribution < 1.29 is 14.3 Å². The molecule has 172 valence electrons. The summed E-state index contributed by atoms with van der Waals surface area (Å²) in [6.45, 7) is 1.21. The van der Waals surface area contributed by atoms with Crippen LogP contribution in [0.1, 0.15) is 63.0 Å². The second-order valence-electron chi connectivity index (χ2n) is 9.48. The smallest absolute Gasteiger partial charge is 0.225 e. The average Bonchev–Trinajstić information content (AvgIpc) is 2.79. The molecule has 1 saturated carbocycles. The third kappa shape index (κ3) is 4.93. The number of amides is 1. The molecule has 1 aromatic heterocycles. The normalized spacial score (nSPS) is 20.8. The maximum Gasteiger partial charge on any atom is 0.225 e. The Morgan fingerprint density at radius 3 is 2.66 bits per heavy atom. The Hall–Kier alpha value is -2.54. The van der Waals surface area contributed by atoms with Gasteiger partial charge in [-0.2, -0.15) is 0 Å². The van der Waals surface area contributed by atoms with E-state index in [2.05, 4.69) is 4.98 Å². The number of likely N-dealkylation sites (tertiary alicyclic amines) is 1. The molecule has 1 amide bonds. The zero-order valence-corrected chi connectivity index (χ0v) is 19.1. The minimum Gasteiger partial charge on any atom is -0.389 e. The van der Waals surface area contributed by atoms with Crippen LogP contribution >= 0.6 is 0 Å². The van der Waals surface area contributed by atoms with E-state index >= 15 is 0 Å². The lowest BCUT2D eigenvalue weighted by Crippen LogP contribution is -2.44.